The minimum absolute atomic E-state index is 0.189. The van der Waals surface area contributed by atoms with E-state index in [2.05, 4.69) is 17.4 Å². The first kappa shape index (κ1) is 14.4. The van der Waals surface area contributed by atoms with E-state index in [1.54, 1.807) is 0 Å². The first-order chi connectivity index (χ1) is 9.96. The second-order valence-electron chi connectivity index (χ2n) is 7.07. The molecule has 1 saturated heterocycles. The Hall–Kier alpha value is -1.55. The highest BCUT2D eigenvalue weighted by Gasteiger charge is 2.57. The van der Waals surface area contributed by atoms with Crippen molar-refractivity contribution in [3.63, 3.8) is 0 Å². The number of hydrogen-bond acceptors (Lipinski definition) is 3. The van der Waals surface area contributed by atoms with Crippen molar-refractivity contribution in [3.8, 4) is 0 Å². The molecule has 4 nitrogen and oxygen atoms in total. The van der Waals surface area contributed by atoms with Gasteiger partial charge < -0.3 is 15.0 Å². The number of ether oxygens (including phenoxy) is 1. The molecule has 1 aliphatic heterocycles. The van der Waals surface area contributed by atoms with E-state index in [4.69, 9.17) is 4.74 Å². The lowest BCUT2D eigenvalue weighted by atomic mass is 10.2. The van der Waals surface area contributed by atoms with Gasteiger partial charge in [-0.1, -0.05) is 30.3 Å². The summed E-state index contributed by atoms with van der Waals surface area (Å²) in [6.07, 6.45) is -0.189. The molecule has 1 aromatic rings. The van der Waals surface area contributed by atoms with Gasteiger partial charge in [-0.2, -0.15) is 0 Å². The molecule has 1 N–H and O–H groups in total. The predicted molar refractivity (Wildman–Crippen MR) is 81.9 cm³/mol. The van der Waals surface area contributed by atoms with Crippen LogP contribution in [0.4, 0.5) is 4.79 Å². The van der Waals surface area contributed by atoms with Crippen LogP contribution in [0, 0.1) is 11.8 Å². The number of amides is 1. The molecule has 4 heteroatoms. The minimum atomic E-state index is -0.450. The van der Waals surface area contributed by atoms with Gasteiger partial charge in [-0.3, -0.25) is 0 Å². The van der Waals surface area contributed by atoms with Gasteiger partial charge >= 0.3 is 6.09 Å². The summed E-state index contributed by atoms with van der Waals surface area (Å²) in [5.41, 5.74) is 0.704. The molecular weight excluding hydrogens is 264 g/mol. The number of rotatable bonds is 3. The number of carbonyl (C=O) groups excluding carboxylic acids is 1. The molecule has 1 heterocycles. The zero-order valence-corrected chi connectivity index (χ0v) is 13.0. The second kappa shape index (κ2) is 5.34. The topological polar surface area (TPSA) is 41.6 Å². The van der Waals surface area contributed by atoms with E-state index < -0.39 is 5.60 Å². The van der Waals surface area contributed by atoms with Crippen LogP contribution in [0.5, 0.6) is 0 Å². The minimum Gasteiger partial charge on any atom is -0.444 e. The molecule has 2 atom stereocenters. The lowest BCUT2D eigenvalue weighted by molar-refractivity contribution is 0.0194. The Labute approximate surface area is 126 Å². The van der Waals surface area contributed by atoms with E-state index in [1.165, 1.54) is 0 Å². The molecule has 1 amide bonds. The maximum absolute atomic E-state index is 12.6. The van der Waals surface area contributed by atoms with Gasteiger partial charge in [0.15, 0.2) is 0 Å². The van der Waals surface area contributed by atoms with Crippen LogP contribution in [-0.4, -0.2) is 35.7 Å². The van der Waals surface area contributed by atoms with Crippen molar-refractivity contribution in [1.82, 2.24) is 10.2 Å². The number of nitrogens with zero attached hydrogens (tertiary/aromatic N) is 1. The summed E-state index contributed by atoms with van der Waals surface area (Å²) in [6, 6.07) is 10.5. The smallest absolute Gasteiger partial charge is 0.410 e. The molecule has 0 bridgehead atoms. The third kappa shape index (κ3) is 3.21. The Bertz CT molecular complexity index is 499. The highest BCUT2D eigenvalue weighted by atomic mass is 16.6. The summed E-state index contributed by atoms with van der Waals surface area (Å²) in [6.45, 7) is 8.42. The van der Waals surface area contributed by atoms with Crippen molar-refractivity contribution in [2.45, 2.75) is 39.0 Å². The third-order valence-corrected chi connectivity index (χ3v) is 4.23. The van der Waals surface area contributed by atoms with Crippen LogP contribution in [-0.2, 0) is 11.3 Å². The average Bonchev–Trinajstić information content (AvgIpc) is 2.87. The van der Waals surface area contributed by atoms with Crippen molar-refractivity contribution in [1.29, 1.82) is 0 Å². The van der Waals surface area contributed by atoms with Crippen LogP contribution < -0.4 is 5.32 Å². The maximum Gasteiger partial charge on any atom is 0.410 e. The number of carbonyl (C=O) groups is 1. The molecule has 21 heavy (non-hydrogen) atoms. The molecule has 2 fully saturated rings. The molecule has 1 saturated carbocycles. The standard InChI is InChI=1S/C17H24N2O2/c1-17(2,3)21-16(20)19(11-12-7-5-4-6-8-12)15-13-9-18-10-14(13)15/h4-8,13-15,18H,9-11H2,1-3H3. The summed E-state index contributed by atoms with van der Waals surface area (Å²) in [5.74, 6) is 1.20. The number of benzene rings is 1. The van der Waals surface area contributed by atoms with Gasteiger partial charge in [0.25, 0.3) is 0 Å². The van der Waals surface area contributed by atoms with Crippen molar-refractivity contribution in [2.75, 3.05) is 13.1 Å². The highest BCUT2D eigenvalue weighted by molar-refractivity contribution is 5.69. The van der Waals surface area contributed by atoms with Gasteiger partial charge in [0.1, 0.15) is 5.60 Å². The number of fused-ring (bicyclic) bond motifs is 1. The summed E-state index contributed by atoms with van der Waals surface area (Å²) in [4.78, 5) is 14.5. The van der Waals surface area contributed by atoms with E-state index in [1.807, 2.05) is 43.9 Å². The first-order valence-corrected chi connectivity index (χ1v) is 7.70. The van der Waals surface area contributed by atoms with Crippen molar-refractivity contribution in [3.05, 3.63) is 35.9 Å². The Balaban J connectivity index is 1.74. The zero-order chi connectivity index (χ0) is 15.0. The van der Waals surface area contributed by atoms with Crippen LogP contribution in [0.15, 0.2) is 30.3 Å². The van der Waals surface area contributed by atoms with E-state index in [9.17, 15) is 4.79 Å². The Morgan fingerprint density at radius 1 is 1.24 bits per heavy atom. The van der Waals surface area contributed by atoms with Crippen LogP contribution in [0.2, 0.25) is 0 Å². The fourth-order valence-electron chi connectivity index (χ4n) is 3.24. The Morgan fingerprint density at radius 3 is 2.43 bits per heavy atom. The average molecular weight is 288 g/mol. The summed E-state index contributed by atoms with van der Waals surface area (Å²) < 4.78 is 5.61. The lowest BCUT2D eigenvalue weighted by Crippen LogP contribution is -2.41. The number of piperidine rings is 1. The highest BCUT2D eigenvalue weighted by Crippen LogP contribution is 2.46. The van der Waals surface area contributed by atoms with Gasteiger partial charge in [0, 0.05) is 25.7 Å². The van der Waals surface area contributed by atoms with Crippen LogP contribution in [0.1, 0.15) is 26.3 Å². The Morgan fingerprint density at radius 2 is 1.86 bits per heavy atom. The summed E-state index contributed by atoms with van der Waals surface area (Å²) >= 11 is 0. The van der Waals surface area contributed by atoms with Gasteiger partial charge in [-0.25, -0.2) is 4.79 Å². The molecule has 2 unspecified atom stereocenters. The van der Waals surface area contributed by atoms with E-state index in [0.29, 0.717) is 24.4 Å². The summed E-state index contributed by atoms with van der Waals surface area (Å²) in [7, 11) is 0. The van der Waals surface area contributed by atoms with Crippen LogP contribution in [0.25, 0.3) is 0 Å². The SMILES string of the molecule is CC(C)(C)OC(=O)N(Cc1ccccc1)C1C2CNCC21. The van der Waals surface area contributed by atoms with E-state index in [-0.39, 0.29) is 6.09 Å². The molecule has 0 aromatic heterocycles. The molecule has 114 valence electrons. The Kier molecular flexibility index (Phi) is 3.66. The fourth-order valence-corrected chi connectivity index (χ4v) is 3.24. The monoisotopic (exact) mass is 288 g/mol. The van der Waals surface area contributed by atoms with E-state index in [0.717, 1.165) is 18.7 Å². The molecule has 0 radical (unpaired) electrons. The fraction of sp³-hybridized carbons (Fsp3) is 0.588. The van der Waals surface area contributed by atoms with Crippen LogP contribution in [0.3, 0.4) is 0 Å². The zero-order valence-electron chi connectivity index (χ0n) is 13.0. The van der Waals surface area contributed by atoms with E-state index >= 15 is 0 Å². The van der Waals surface area contributed by atoms with Gasteiger partial charge in [-0.05, 0) is 38.2 Å². The predicted octanol–water partition coefficient (Wildman–Crippen LogP) is 2.64. The lowest BCUT2D eigenvalue weighted by Gasteiger charge is -2.29. The maximum atomic E-state index is 12.6. The van der Waals surface area contributed by atoms with Gasteiger partial charge in [-0.15, -0.1) is 0 Å². The molecular formula is C17H24N2O2. The molecule has 0 spiro atoms. The van der Waals surface area contributed by atoms with Gasteiger partial charge in [0.2, 0.25) is 0 Å². The van der Waals surface area contributed by atoms with Gasteiger partial charge in [0.05, 0.1) is 0 Å². The number of hydrogen-bond donors (Lipinski definition) is 1. The van der Waals surface area contributed by atoms with Crippen molar-refractivity contribution in [2.24, 2.45) is 11.8 Å². The van der Waals surface area contributed by atoms with Crippen molar-refractivity contribution >= 4 is 6.09 Å². The largest absolute Gasteiger partial charge is 0.444 e. The third-order valence-electron chi connectivity index (χ3n) is 4.23. The number of nitrogens with one attached hydrogen (secondary N) is 1. The van der Waals surface area contributed by atoms with Crippen molar-refractivity contribution < 1.29 is 9.53 Å². The molecule has 1 aliphatic carbocycles. The summed E-state index contributed by atoms with van der Waals surface area (Å²) in [5, 5.41) is 3.38. The molecule has 1 aromatic carbocycles. The van der Waals surface area contributed by atoms with Crippen LogP contribution >= 0.6 is 0 Å². The molecule has 3 rings (SSSR count). The molecule has 2 aliphatic rings. The first-order valence-electron chi connectivity index (χ1n) is 7.70. The second-order valence-corrected chi connectivity index (χ2v) is 7.07. The normalized spacial score (nSPS) is 27.1. The quantitative estimate of drug-likeness (QED) is 0.929.